The monoisotopic (exact) mass is 501 g/mol. The number of hydrogen-bond acceptors (Lipinski definition) is 5. The summed E-state index contributed by atoms with van der Waals surface area (Å²) in [4.78, 5) is 26.0. The summed E-state index contributed by atoms with van der Waals surface area (Å²) in [6, 6.07) is 16.6. The standard InChI is InChI=1S/C22H17BrClN3O4/c1-2-31-16-5-3-4-14(11-16)26-21(17-12-15(27(29)30)7-8-19(17)24)25-20-9-6-13(23)10-18(20)22(26)28/h3-12,21,25H,2H2,1H3/t21-/m0/s1. The second kappa shape index (κ2) is 8.56. The minimum absolute atomic E-state index is 0.113. The maximum atomic E-state index is 13.6. The van der Waals surface area contributed by atoms with Crippen molar-refractivity contribution in [2.45, 2.75) is 13.1 Å². The van der Waals surface area contributed by atoms with Crippen LogP contribution in [0.4, 0.5) is 17.1 Å². The van der Waals surface area contributed by atoms with Crippen LogP contribution in [0.5, 0.6) is 5.75 Å². The van der Waals surface area contributed by atoms with Crippen LogP contribution in [0.2, 0.25) is 5.02 Å². The Kier molecular flexibility index (Phi) is 5.84. The molecule has 3 aromatic carbocycles. The topological polar surface area (TPSA) is 84.7 Å². The molecule has 1 aliphatic heterocycles. The van der Waals surface area contributed by atoms with Crippen LogP contribution in [0.3, 0.4) is 0 Å². The van der Waals surface area contributed by atoms with Gasteiger partial charge in [0.2, 0.25) is 0 Å². The lowest BCUT2D eigenvalue weighted by atomic mass is 10.0. The van der Waals surface area contributed by atoms with Gasteiger partial charge in [0.1, 0.15) is 11.9 Å². The third kappa shape index (κ3) is 4.08. The average Bonchev–Trinajstić information content (AvgIpc) is 2.74. The van der Waals surface area contributed by atoms with Gasteiger partial charge in [0, 0.05) is 38.9 Å². The van der Waals surface area contributed by atoms with Crippen molar-refractivity contribution in [3.63, 3.8) is 0 Å². The van der Waals surface area contributed by atoms with Crippen molar-refractivity contribution < 1.29 is 14.5 Å². The molecule has 0 saturated heterocycles. The lowest BCUT2D eigenvalue weighted by Crippen LogP contribution is -2.43. The van der Waals surface area contributed by atoms with Crippen LogP contribution in [-0.2, 0) is 0 Å². The number of amides is 1. The van der Waals surface area contributed by atoms with Crippen LogP contribution < -0.4 is 15.0 Å². The van der Waals surface area contributed by atoms with E-state index in [4.69, 9.17) is 16.3 Å². The van der Waals surface area contributed by atoms with Crippen molar-refractivity contribution in [3.8, 4) is 5.75 Å². The molecule has 0 saturated carbocycles. The molecule has 1 atom stereocenters. The average molecular weight is 503 g/mol. The number of carbonyl (C=O) groups excluding carboxylic acids is 1. The van der Waals surface area contributed by atoms with Crippen molar-refractivity contribution in [1.82, 2.24) is 0 Å². The first-order valence-electron chi connectivity index (χ1n) is 9.45. The first-order chi connectivity index (χ1) is 14.9. The Labute approximate surface area is 191 Å². The summed E-state index contributed by atoms with van der Waals surface area (Å²) in [6.07, 6.45) is -0.759. The number of fused-ring (bicyclic) bond motifs is 1. The van der Waals surface area contributed by atoms with Crippen molar-refractivity contribution in [3.05, 3.63) is 91.4 Å². The SMILES string of the molecule is CCOc1cccc(N2C(=O)c3cc(Br)ccc3N[C@@H]2c2cc([N+](=O)[O-])ccc2Cl)c1. The summed E-state index contributed by atoms with van der Waals surface area (Å²) in [5.41, 5.74) is 1.95. The fourth-order valence-electron chi connectivity index (χ4n) is 3.51. The number of ether oxygens (including phenoxy) is 1. The van der Waals surface area contributed by atoms with Gasteiger partial charge in [0.05, 0.1) is 22.8 Å². The number of halogens is 2. The van der Waals surface area contributed by atoms with Gasteiger partial charge >= 0.3 is 0 Å². The highest BCUT2D eigenvalue weighted by Gasteiger charge is 2.36. The maximum absolute atomic E-state index is 13.6. The summed E-state index contributed by atoms with van der Waals surface area (Å²) in [6.45, 7) is 2.35. The molecule has 7 nitrogen and oxygen atoms in total. The van der Waals surface area contributed by atoms with E-state index in [1.165, 1.54) is 23.1 Å². The van der Waals surface area contributed by atoms with Gasteiger partial charge in [-0.3, -0.25) is 19.8 Å². The van der Waals surface area contributed by atoms with E-state index in [2.05, 4.69) is 21.2 Å². The van der Waals surface area contributed by atoms with E-state index < -0.39 is 11.1 Å². The van der Waals surface area contributed by atoms with E-state index in [1.807, 2.05) is 13.0 Å². The Balaban J connectivity index is 1.90. The van der Waals surface area contributed by atoms with Gasteiger partial charge in [-0.15, -0.1) is 0 Å². The molecule has 0 aromatic heterocycles. The number of nitrogens with one attached hydrogen (secondary N) is 1. The molecule has 1 heterocycles. The van der Waals surface area contributed by atoms with E-state index in [0.29, 0.717) is 39.9 Å². The molecule has 1 aliphatic rings. The van der Waals surface area contributed by atoms with Crippen LogP contribution in [0.15, 0.2) is 65.1 Å². The van der Waals surface area contributed by atoms with Gasteiger partial charge < -0.3 is 10.1 Å². The van der Waals surface area contributed by atoms with Crippen molar-refractivity contribution in [2.75, 3.05) is 16.8 Å². The zero-order valence-corrected chi connectivity index (χ0v) is 18.7. The molecular formula is C22H17BrClN3O4. The van der Waals surface area contributed by atoms with Gasteiger partial charge in [-0.05, 0) is 43.3 Å². The number of non-ortho nitro benzene ring substituents is 1. The summed E-state index contributed by atoms with van der Waals surface area (Å²) in [5, 5.41) is 15.0. The molecule has 4 rings (SSSR count). The van der Waals surface area contributed by atoms with E-state index in [0.717, 1.165) is 4.47 Å². The molecule has 0 bridgehead atoms. The van der Waals surface area contributed by atoms with Gasteiger partial charge in [-0.2, -0.15) is 0 Å². The predicted molar refractivity (Wildman–Crippen MR) is 123 cm³/mol. The maximum Gasteiger partial charge on any atom is 0.269 e. The molecule has 3 aromatic rings. The number of hydrogen-bond donors (Lipinski definition) is 1. The number of anilines is 2. The first-order valence-corrected chi connectivity index (χ1v) is 10.6. The predicted octanol–water partition coefficient (Wildman–Crippen LogP) is 6.18. The number of rotatable bonds is 5. The first kappa shape index (κ1) is 21.1. The Morgan fingerprint density at radius 2 is 2.00 bits per heavy atom. The lowest BCUT2D eigenvalue weighted by Gasteiger charge is -2.38. The molecule has 0 fully saturated rings. The molecule has 0 spiro atoms. The summed E-state index contributed by atoms with van der Waals surface area (Å²) >= 11 is 9.84. The number of benzene rings is 3. The highest BCUT2D eigenvalue weighted by Crippen LogP contribution is 2.41. The molecule has 0 unspecified atom stereocenters. The summed E-state index contributed by atoms with van der Waals surface area (Å²) in [7, 11) is 0. The molecule has 0 radical (unpaired) electrons. The molecule has 9 heteroatoms. The minimum atomic E-state index is -0.759. The number of nitro benzene ring substituents is 1. The minimum Gasteiger partial charge on any atom is -0.494 e. The number of nitro groups is 1. The van der Waals surface area contributed by atoms with E-state index >= 15 is 0 Å². The van der Waals surface area contributed by atoms with Gasteiger partial charge in [0.25, 0.3) is 11.6 Å². The highest BCUT2D eigenvalue weighted by atomic mass is 79.9. The summed E-state index contributed by atoms with van der Waals surface area (Å²) < 4.78 is 6.36. The van der Waals surface area contributed by atoms with E-state index in [1.54, 1.807) is 36.4 Å². The molecule has 158 valence electrons. The molecule has 1 N–H and O–H groups in total. The second-order valence-electron chi connectivity index (χ2n) is 6.81. The van der Waals surface area contributed by atoms with Crippen molar-refractivity contribution in [1.29, 1.82) is 0 Å². The normalized spacial score (nSPS) is 15.3. The van der Waals surface area contributed by atoms with Crippen LogP contribution in [0.1, 0.15) is 29.0 Å². The Bertz CT molecular complexity index is 1190. The Morgan fingerprint density at radius 3 is 2.74 bits per heavy atom. The van der Waals surface area contributed by atoms with E-state index in [9.17, 15) is 14.9 Å². The Hall–Kier alpha value is -3.10. The highest BCUT2D eigenvalue weighted by molar-refractivity contribution is 9.10. The zero-order chi connectivity index (χ0) is 22.1. The smallest absolute Gasteiger partial charge is 0.269 e. The largest absolute Gasteiger partial charge is 0.494 e. The van der Waals surface area contributed by atoms with Gasteiger partial charge in [0.15, 0.2) is 0 Å². The van der Waals surface area contributed by atoms with Crippen LogP contribution in [0.25, 0.3) is 0 Å². The van der Waals surface area contributed by atoms with Crippen molar-refractivity contribution in [2.24, 2.45) is 0 Å². The van der Waals surface area contributed by atoms with Crippen LogP contribution in [0, 0.1) is 10.1 Å². The Morgan fingerprint density at radius 1 is 1.19 bits per heavy atom. The fourth-order valence-corrected chi connectivity index (χ4v) is 4.09. The van der Waals surface area contributed by atoms with Crippen molar-refractivity contribution >= 4 is 50.5 Å². The van der Waals surface area contributed by atoms with Gasteiger partial charge in [-0.25, -0.2) is 0 Å². The fraction of sp³-hybridized carbons (Fsp3) is 0.136. The van der Waals surface area contributed by atoms with Crippen LogP contribution in [-0.4, -0.2) is 17.4 Å². The quantitative estimate of drug-likeness (QED) is 0.333. The second-order valence-corrected chi connectivity index (χ2v) is 8.13. The summed E-state index contributed by atoms with van der Waals surface area (Å²) in [5.74, 6) is 0.341. The number of nitrogens with zero attached hydrogens (tertiary/aromatic N) is 2. The molecule has 0 aliphatic carbocycles. The van der Waals surface area contributed by atoms with E-state index in [-0.39, 0.29) is 11.6 Å². The molecule has 1 amide bonds. The van der Waals surface area contributed by atoms with Gasteiger partial charge in [-0.1, -0.05) is 33.6 Å². The molecular weight excluding hydrogens is 486 g/mol. The van der Waals surface area contributed by atoms with Crippen LogP contribution >= 0.6 is 27.5 Å². The lowest BCUT2D eigenvalue weighted by molar-refractivity contribution is -0.384. The molecule has 31 heavy (non-hydrogen) atoms. The third-order valence-electron chi connectivity index (χ3n) is 4.87. The third-order valence-corrected chi connectivity index (χ3v) is 5.71. The number of carbonyl (C=O) groups is 1. The zero-order valence-electron chi connectivity index (χ0n) is 16.3.